The SMILES string of the molecule is Cc1cc(C)c2c3ccc(C)c4c3n(c2c1)c1cc(C(C)C)cc2cc[n+](C)c4c21. The fourth-order valence-corrected chi connectivity index (χ4v) is 5.58. The number of hydrogen-bond donors (Lipinski definition) is 0. The largest absolute Gasteiger partial charge is 0.307 e. The average Bonchev–Trinajstić information content (AvgIpc) is 3.03. The van der Waals surface area contributed by atoms with Crippen LogP contribution in [0.3, 0.4) is 0 Å². The van der Waals surface area contributed by atoms with Crippen molar-refractivity contribution in [1.29, 1.82) is 0 Å². The molecule has 3 aromatic heterocycles. The first-order valence-corrected chi connectivity index (χ1v) is 10.9. The van der Waals surface area contributed by atoms with E-state index in [0.29, 0.717) is 5.92 Å². The standard InChI is InChI=1S/C28H27N2/c1-15(2)20-13-19-9-10-29(6)28-25-17(4)7-8-21-24-18(5)11-16(3)12-22(24)30(27(21)25)23(14-20)26(19)28/h7-15H,1-6H3/q+1. The third kappa shape index (κ3) is 2.06. The van der Waals surface area contributed by atoms with E-state index in [4.69, 9.17) is 0 Å². The van der Waals surface area contributed by atoms with Gasteiger partial charge in [0.05, 0.1) is 27.3 Å². The van der Waals surface area contributed by atoms with Gasteiger partial charge in [0.25, 0.3) is 0 Å². The fourth-order valence-electron chi connectivity index (χ4n) is 5.58. The van der Waals surface area contributed by atoms with Gasteiger partial charge in [-0.3, -0.25) is 0 Å². The summed E-state index contributed by atoms with van der Waals surface area (Å²) in [5, 5.41) is 6.82. The van der Waals surface area contributed by atoms with Gasteiger partial charge in [0.1, 0.15) is 7.05 Å². The van der Waals surface area contributed by atoms with Gasteiger partial charge in [-0.15, -0.1) is 0 Å². The Balaban J connectivity index is 2.10. The molecule has 0 spiro atoms. The lowest BCUT2D eigenvalue weighted by molar-refractivity contribution is -0.643. The van der Waals surface area contributed by atoms with E-state index >= 15 is 0 Å². The molecule has 0 N–H and O–H groups in total. The zero-order valence-corrected chi connectivity index (χ0v) is 18.6. The first-order valence-electron chi connectivity index (χ1n) is 10.9. The zero-order chi connectivity index (χ0) is 20.9. The van der Waals surface area contributed by atoms with Gasteiger partial charge in [0, 0.05) is 16.8 Å². The summed E-state index contributed by atoms with van der Waals surface area (Å²) in [7, 11) is 2.18. The number of benzene rings is 3. The Morgan fingerprint density at radius 2 is 1.57 bits per heavy atom. The Labute approximate surface area is 176 Å². The maximum absolute atomic E-state index is 2.55. The average molecular weight is 392 g/mol. The van der Waals surface area contributed by atoms with Gasteiger partial charge in [0.2, 0.25) is 5.52 Å². The maximum atomic E-state index is 2.55. The molecule has 0 saturated heterocycles. The van der Waals surface area contributed by atoms with Crippen LogP contribution in [0.4, 0.5) is 0 Å². The first-order chi connectivity index (χ1) is 14.4. The molecule has 30 heavy (non-hydrogen) atoms. The van der Waals surface area contributed by atoms with E-state index in [1.54, 1.807) is 0 Å². The molecule has 3 aromatic carbocycles. The van der Waals surface area contributed by atoms with Crippen LogP contribution in [0.5, 0.6) is 0 Å². The highest BCUT2D eigenvalue weighted by molar-refractivity contribution is 6.26. The predicted molar refractivity (Wildman–Crippen MR) is 128 cm³/mol. The Bertz CT molecular complexity index is 1650. The van der Waals surface area contributed by atoms with E-state index < -0.39 is 0 Å². The lowest BCUT2D eigenvalue weighted by Crippen LogP contribution is -2.29. The Kier molecular flexibility index (Phi) is 3.38. The van der Waals surface area contributed by atoms with Crippen LogP contribution in [0.1, 0.15) is 42.0 Å². The van der Waals surface area contributed by atoms with Gasteiger partial charge in [0.15, 0.2) is 6.20 Å². The van der Waals surface area contributed by atoms with Crippen molar-refractivity contribution in [2.75, 3.05) is 0 Å². The second-order valence-electron chi connectivity index (χ2n) is 9.40. The lowest BCUT2D eigenvalue weighted by atomic mass is 9.95. The molecule has 0 aliphatic carbocycles. The Morgan fingerprint density at radius 3 is 2.33 bits per heavy atom. The van der Waals surface area contributed by atoms with Crippen molar-refractivity contribution in [1.82, 2.24) is 4.40 Å². The van der Waals surface area contributed by atoms with Gasteiger partial charge >= 0.3 is 0 Å². The van der Waals surface area contributed by atoms with Gasteiger partial charge in [-0.2, -0.15) is 0 Å². The number of fused-ring (bicyclic) bond motifs is 5. The van der Waals surface area contributed by atoms with E-state index in [2.05, 4.69) is 99.3 Å². The minimum absolute atomic E-state index is 0.489. The quantitative estimate of drug-likeness (QED) is 0.164. The van der Waals surface area contributed by atoms with Crippen LogP contribution in [0, 0.1) is 20.8 Å². The molecular weight excluding hydrogens is 364 g/mol. The molecule has 2 heteroatoms. The normalized spacial score (nSPS) is 12.6. The van der Waals surface area contributed by atoms with Crippen molar-refractivity contribution < 1.29 is 4.57 Å². The molecule has 6 rings (SSSR count). The minimum Gasteiger partial charge on any atom is -0.307 e. The highest BCUT2D eigenvalue weighted by Gasteiger charge is 2.24. The molecule has 2 nitrogen and oxygen atoms in total. The summed E-state index contributed by atoms with van der Waals surface area (Å²) < 4.78 is 4.86. The highest BCUT2D eigenvalue weighted by Crippen LogP contribution is 2.42. The van der Waals surface area contributed by atoms with Crippen molar-refractivity contribution >= 4 is 49.0 Å². The molecule has 148 valence electrons. The maximum Gasteiger partial charge on any atom is 0.224 e. The zero-order valence-electron chi connectivity index (χ0n) is 18.6. The molecular formula is C28H27N2+. The van der Waals surface area contributed by atoms with Crippen molar-refractivity contribution in [3.8, 4) is 0 Å². The summed E-state index contributed by atoms with van der Waals surface area (Å²) in [5.74, 6) is 0.489. The van der Waals surface area contributed by atoms with Crippen LogP contribution in [-0.4, -0.2) is 4.40 Å². The Hall–Kier alpha value is -3.13. The van der Waals surface area contributed by atoms with Crippen molar-refractivity contribution in [3.63, 3.8) is 0 Å². The molecule has 0 amide bonds. The topological polar surface area (TPSA) is 8.29 Å². The number of pyridine rings is 2. The summed E-state index contributed by atoms with van der Waals surface area (Å²) in [5.41, 5.74) is 10.8. The molecule has 0 saturated carbocycles. The second-order valence-corrected chi connectivity index (χ2v) is 9.40. The first kappa shape index (κ1) is 17.7. The third-order valence-electron chi connectivity index (χ3n) is 6.96. The van der Waals surface area contributed by atoms with E-state index in [-0.39, 0.29) is 0 Å². The molecule has 0 atom stereocenters. The van der Waals surface area contributed by atoms with Crippen LogP contribution in [-0.2, 0) is 7.05 Å². The highest BCUT2D eigenvalue weighted by atomic mass is 15.0. The number of rotatable bonds is 1. The van der Waals surface area contributed by atoms with Gasteiger partial charge < -0.3 is 4.40 Å². The van der Waals surface area contributed by atoms with Crippen LogP contribution in [0.2, 0.25) is 0 Å². The van der Waals surface area contributed by atoms with E-state index in [1.165, 1.54) is 71.3 Å². The third-order valence-corrected chi connectivity index (χ3v) is 6.96. The summed E-state index contributed by atoms with van der Waals surface area (Å²) in [4.78, 5) is 0. The van der Waals surface area contributed by atoms with Crippen LogP contribution in [0.15, 0.2) is 48.7 Å². The van der Waals surface area contributed by atoms with Crippen LogP contribution in [0.25, 0.3) is 49.0 Å². The number of nitrogens with zero attached hydrogens (tertiary/aromatic N) is 2. The van der Waals surface area contributed by atoms with E-state index in [1.807, 2.05) is 0 Å². The van der Waals surface area contributed by atoms with Crippen molar-refractivity contribution in [2.24, 2.45) is 7.05 Å². The van der Waals surface area contributed by atoms with Crippen molar-refractivity contribution in [2.45, 2.75) is 40.5 Å². The van der Waals surface area contributed by atoms with Gasteiger partial charge in [-0.1, -0.05) is 38.1 Å². The molecule has 0 aliphatic heterocycles. The van der Waals surface area contributed by atoms with E-state index in [9.17, 15) is 0 Å². The number of aryl methyl sites for hydroxylation is 4. The van der Waals surface area contributed by atoms with Crippen molar-refractivity contribution in [3.05, 3.63) is 70.9 Å². The number of aromatic nitrogens is 2. The molecule has 0 fully saturated rings. The lowest BCUT2D eigenvalue weighted by Gasteiger charge is -2.15. The smallest absolute Gasteiger partial charge is 0.224 e. The summed E-state index contributed by atoms with van der Waals surface area (Å²) in [6, 6.07) is 16.4. The predicted octanol–water partition coefficient (Wildman–Crippen LogP) is 6.86. The molecule has 0 aliphatic rings. The van der Waals surface area contributed by atoms with E-state index in [0.717, 1.165) is 0 Å². The molecule has 0 unspecified atom stereocenters. The van der Waals surface area contributed by atoms with Gasteiger partial charge in [-0.05, 0) is 66.5 Å². The fraction of sp³-hybridized carbons (Fsp3) is 0.250. The summed E-state index contributed by atoms with van der Waals surface area (Å²) in [6.07, 6.45) is 2.22. The van der Waals surface area contributed by atoms with Gasteiger partial charge in [-0.25, -0.2) is 4.57 Å². The molecule has 6 aromatic rings. The Morgan fingerprint density at radius 1 is 0.800 bits per heavy atom. The molecule has 3 heterocycles. The summed E-state index contributed by atoms with van der Waals surface area (Å²) >= 11 is 0. The second kappa shape index (κ2) is 5.72. The monoisotopic (exact) mass is 391 g/mol. The summed E-state index contributed by atoms with van der Waals surface area (Å²) in [6.45, 7) is 11.3. The molecule has 0 bridgehead atoms. The number of hydrogen-bond acceptors (Lipinski definition) is 0. The molecule has 0 radical (unpaired) electrons. The minimum atomic E-state index is 0.489. The van der Waals surface area contributed by atoms with Crippen LogP contribution >= 0.6 is 0 Å². The van der Waals surface area contributed by atoms with Crippen LogP contribution < -0.4 is 4.57 Å².